The van der Waals surface area contributed by atoms with Gasteiger partial charge in [0, 0.05) is 19.5 Å². The van der Waals surface area contributed by atoms with Crippen LogP contribution in [0.25, 0.3) is 0 Å². The van der Waals surface area contributed by atoms with Crippen LogP contribution in [0.5, 0.6) is 0 Å². The van der Waals surface area contributed by atoms with Crippen LogP contribution in [0.1, 0.15) is 6.92 Å². The summed E-state index contributed by atoms with van der Waals surface area (Å²) in [6.07, 6.45) is 1.15. The van der Waals surface area contributed by atoms with Crippen LogP contribution in [-0.2, 0) is 4.79 Å². The maximum atomic E-state index is 10.8. The number of carbonyl (C=O) groups excluding carboxylic acids is 1. The molecule has 1 amide bonds. The molecule has 1 radical (unpaired) electrons. The molecule has 0 aromatic carbocycles. The second-order valence-electron chi connectivity index (χ2n) is 2.21. The minimum absolute atomic E-state index is 0.169. The van der Waals surface area contributed by atoms with Crippen LogP contribution in [0.2, 0.25) is 0 Å². The van der Waals surface area contributed by atoms with E-state index in [1.54, 1.807) is 4.90 Å². The Labute approximate surface area is 54.3 Å². The first-order chi connectivity index (χ1) is 4.22. The molecule has 51 valence electrons. The summed E-state index contributed by atoms with van der Waals surface area (Å²) in [5.74, 6) is -0.169. The van der Waals surface area contributed by atoms with Gasteiger partial charge in [0.25, 0.3) is 5.91 Å². The standard InChI is InChI=1S/C6H10NO2/c1-5(8)6(9)7-3-2-4-7/h2,5,8H,3-4H2,1H3. The molecule has 9 heavy (non-hydrogen) atoms. The molecule has 0 bridgehead atoms. The van der Waals surface area contributed by atoms with E-state index < -0.39 is 6.10 Å². The summed E-state index contributed by atoms with van der Waals surface area (Å²) in [5, 5.41) is 8.75. The van der Waals surface area contributed by atoms with Gasteiger partial charge in [-0.05, 0) is 6.92 Å². The van der Waals surface area contributed by atoms with Gasteiger partial charge in [-0.15, -0.1) is 0 Å². The minimum Gasteiger partial charge on any atom is -0.384 e. The maximum Gasteiger partial charge on any atom is 0.251 e. The summed E-state index contributed by atoms with van der Waals surface area (Å²) < 4.78 is 0. The third-order valence-electron chi connectivity index (χ3n) is 1.37. The summed E-state index contributed by atoms with van der Waals surface area (Å²) in [5.41, 5.74) is 0. The lowest BCUT2D eigenvalue weighted by Gasteiger charge is -2.31. The van der Waals surface area contributed by atoms with Crippen molar-refractivity contribution in [3.8, 4) is 0 Å². The van der Waals surface area contributed by atoms with E-state index in [1.807, 2.05) is 6.42 Å². The highest BCUT2D eigenvalue weighted by Crippen LogP contribution is 2.05. The monoisotopic (exact) mass is 128 g/mol. The highest BCUT2D eigenvalue weighted by Gasteiger charge is 2.23. The predicted octanol–water partition coefficient (Wildman–Crippen LogP) is -0.586. The molecular weight excluding hydrogens is 118 g/mol. The highest BCUT2D eigenvalue weighted by molar-refractivity contribution is 5.81. The first kappa shape index (κ1) is 6.55. The quantitative estimate of drug-likeness (QED) is 0.513. The molecule has 1 aliphatic heterocycles. The number of nitrogens with zero attached hydrogens (tertiary/aromatic N) is 1. The van der Waals surface area contributed by atoms with Gasteiger partial charge in [0.05, 0.1) is 0 Å². The smallest absolute Gasteiger partial charge is 0.251 e. The predicted molar refractivity (Wildman–Crippen MR) is 32.6 cm³/mol. The van der Waals surface area contributed by atoms with Crippen molar-refractivity contribution in [3.05, 3.63) is 6.42 Å². The van der Waals surface area contributed by atoms with Crippen LogP contribution in [0.3, 0.4) is 0 Å². The molecule has 1 saturated heterocycles. The molecule has 1 rings (SSSR count). The van der Waals surface area contributed by atoms with Gasteiger partial charge >= 0.3 is 0 Å². The van der Waals surface area contributed by atoms with Crippen LogP contribution in [0.4, 0.5) is 0 Å². The summed E-state index contributed by atoms with van der Waals surface area (Å²) in [6, 6.07) is 0. The largest absolute Gasteiger partial charge is 0.384 e. The zero-order valence-electron chi connectivity index (χ0n) is 5.37. The molecule has 1 N–H and O–H groups in total. The number of likely N-dealkylation sites (tertiary alicyclic amines) is 1. The molecule has 0 spiro atoms. The van der Waals surface area contributed by atoms with Gasteiger partial charge in [-0.1, -0.05) is 0 Å². The Balaban J connectivity index is 2.32. The fourth-order valence-electron chi connectivity index (χ4n) is 0.702. The van der Waals surface area contributed by atoms with Crippen LogP contribution in [0.15, 0.2) is 0 Å². The topological polar surface area (TPSA) is 40.5 Å². The molecule has 0 aliphatic carbocycles. The van der Waals surface area contributed by atoms with Crippen molar-refractivity contribution in [2.45, 2.75) is 13.0 Å². The van der Waals surface area contributed by atoms with Gasteiger partial charge in [-0.3, -0.25) is 4.79 Å². The fourth-order valence-corrected chi connectivity index (χ4v) is 0.702. The molecule has 1 unspecified atom stereocenters. The van der Waals surface area contributed by atoms with Crippen molar-refractivity contribution in [3.63, 3.8) is 0 Å². The van der Waals surface area contributed by atoms with Crippen LogP contribution < -0.4 is 0 Å². The Morgan fingerprint density at radius 1 is 1.78 bits per heavy atom. The summed E-state index contributed by atoms with van der Waals surface area (Å²) in [4.78, 5) is 12.4. The Kier molecular flexibility index (Phi) is 1.71. The SMILES string of the molecule is CC(O)C(=O)N1C[CH]C1. The van der Waals surface area contributed by atoms with Crippen molar-refractivity contribution in [2.24, 2.45) is 0 Å². The Morgan fingerprint density at radius 2 is 2.33 bits per heavy atom. The van der Waals surface area contributed by atoms with Crippen molar-refractivity contribution < 1.29 is 9.90 Å². The molecule has 3 heteroatoms. The number of aliphatic hydroxyl groups is 1. The van der Waals surface area contributed by atoms with E-state index in [-0.39, 0.29) is 5.91 Å². The zero-order valence-corrected chi connectivity index (χ0v) is 5.37. The lowest BCUT2D eigenvalue weighted by molar-refractivity contribution is -0.140. The fraction of sp³-hybridized carbons (Fsp3) is 0.667. The lowest BCUT2D eigenvalue weighted by Crippen LogP contribution is -2.46. The lowest BCUT2D eigenvalue weighted by atomic mass is 10.2. The maximum absolute atomic E-state index is 10.8. The van der Waals surface area contributed by atoms with Crippen LogP contribution in [-0.4, -0.2) is 35.1 Å². The van der Waals surface area contributed by atoms with E-state index in [0.717, 1.165) is 0 Å². The average molecular weight is 128 g/mol. The highest BCUT2D eigenvalue weighted by atomic mass is 16.3. The van der Waals surface area contributed by atoms with Gasteiger partial charge in [0.2, 0.25) is 0 Å². The second-order valence-corrected chi connectivity index (χ2v) is 2.21. The third-order valence-corrected chi connectivity index (χ3v) is 1.37. The number of hydrogen-bond donors (Lipinski definition) is 1. The van der Waals surface area contributed by atoms with Gasteiger partial charge < -0.3 is 10.0 Å². The number of carbonyl (C=O) groups is 1. The van der Waals surface area contributed by atoms with Crippen LogP contribution in [0, 0.1) is 6.42 Å². The number of rotatable bonds is 1. The molecule has 1 fully saturated rings. The van der Waals surface area contributed by atoms with E-state index in [1.165, 1.54) is 6.92 Å². The van der Waals surface area contributed by atoms with Crippen molar-refractivity contribution >= 4 is 5.91 Å². The van der Waals surface area contributed by atoms with Gasteiger partial charge in [0.1, 0.15) is 6.10 Å². The van der Waals surface area contributed by atoms with Gasteiger partial charge in [0.15, 0.2) is 0 Å². The van der Waals surface area contributed by atoms with E-state index in [2.05, 4.69) is 0 Å². The molecule has 3 nitrogen and oxygen atoms in total. The Morgan fingerprint density at radius 3 is 2.44 bits per heavy atom. The minimum atomic E-state index is -0.835. The van der Waals surface area contributed by atoms with Crippen molar-refractivity contribution in [1.82, 2.24) is 4.90 Å². The van der Waals surface area contributed by atoms with Crippen molar-refractivity contribution in [1.29, 1.82) is 0 Å². The second kappa shape index (κ2) is 2.35. The Hall–Kier alpha value is -0.570. The van der Waals surface area contributed by atoms with E-state index >= 15 is 0 Å². The normalized spacial score (nSPS) is 20.9. The van der Waals surface area contributed by atoms with Crippen molar-refractivity contribution in [2.75, 3.05) is 13.1 Å². The molecule has 1 heterocycles. The first-order valence-corrected chi connectivity index (χ1v) is 3.00. The first-order valence-electron chi connectivity index (χ1n) is 3.00. The zero-order chi connectivity index (χ0) is 6.85. The summed E-state index contributed by atoms with van der Waals surface area (Å²) >= 11 is 0. The number of hydrogen-bond acceptors (Lipinski definition) is 2. The number of aliphatic hydroxyl groups excluding tert-OH is 1. The third kappa shape index (κ3) is 1.21. The molecule has 0 aromatic rings. The van der Waals surface area contributed by atoms with Crippen LogP contribution >= 0.6 is 0 Å². The van der Waals surface area contributed by atoms with E-state index in [4.69, 9.17) is 5.11 Å². The summed E-state index contributed by atoms with van der Waals surface area (Å²) in [7, 11) is 0. The van der Waals surface area contributed by atoms with E-state index in [9.17, 15) is 4.79 Å². The molecule has 1 atom stereocenters. The average Bonchev–Trinajstić information content (AvgIpc) is 1.60. The van der Waals surface area contributed by atoms with Gasteiger partial charge in [-0.2, -0.15) is 0 Å². The Bertz CT molecular complexity index is 118. The molecule has 0 aromatic heterocycles. The molecular formula is C6H10NO2. The van der Waals surface area contributed by atoms with Gasteiger partial charge in [-0.25, -0.2) is 0 Å². The molecule has 1 aliphatic rings. The number of amides is 1. The molecule has 0 saturated carbocycles. The van der Waals surface area contributed by atoms with E-state index in [0.29, 0.717) is 13.1 Å². The summed E-state index contributed by atoms with van der Waals surface area (Å²) in [6.45, 7) is 2.88.